The van der Waals surface area contributed by atoms with E-state index in [2.05, 4.69) is 19.2 Å². The number of nitrogens with zero attached hydrogens (tertiary/aromatic N) is 2. The number of ether oxygens (including phenoxy) is 2. The molecule has 0 fully saturated rings. The van der Waals surface area contributed by atoms with Crippen molar-refractivity contribution in [2.75, 3.05) is 27.4 Å². The zero-order chi connectivity index (χ0) is 15.9. The van der Waals surface area contributed by atoms with Gasteiger partial charge in [-0.15, -0.1) is 0 Å². The predicted molar refractivity (Wildman–Crippen MR) is 84.4 cm³/mol. The third-order valence-electron chi connectivity index (χ3n) is 4.15. The molecule has 1 aromatic rings. The maximum Gasteiger partial charge on any atom is 0.160 e. The first-order chi connectivity index (χ1) is 10.0. The molecule has 1 aromatic heterocycles. The Morgan fingerprint density at radius 2 is 1.62 bits per heavy atom. The van der Waals surface area contributed by atoms with Crippen molar-refractivity contribution >= 4 is 0 Å². The average molecular weight is 295 g/mol. The maximum atomic E-state index is 5.73. The normalized spacial score (nSPS) is 11.9. The highest BCUT2D eigenvalue weighted by Crippen LogP contribution is 2.30. The monoisotopic (exact) mass is 295 g/mol. The second-order valence-electron chi connectivity index (χ2n) is 5.27. The van der Waals surface area contributed by atoms with Crippen molar-refractivity contribution in [2.24, 2.45) is 0 Å². The van der Waals surface area contributed by atoms with Crippen LogP contribution in [0.3, 0.4) is 0 Å². The first kappa shape index (κ1) is 18.0. The molecule has 0 atom stereocenters. The van der Waals surface area contributed by atoms with Crippen molar-refractivity contribution in [3.8, 4) is 0 Å². The SMILES string of the molecule is CCC(CC)(OC)c1nc(C)c(CNCCOC)c(C)n1. The molecule has 0 aliphatic heterocycles. The van der Waals surface area contributed by atoms with E-state index in [-0.39, 0.29) is 5.60 Å². The van der Waals surface area contributed by atoms with Gasteiger partial charge in [-0.3, -0.25) is 0 Å². The minimum Gasteiger partial charge on any atom is -0.383 e. The van der Waals surface area contributed by atoms with E-state index in [1.165, 1.54) is 0 Å². The fraction of sp³-hybridized carbons (Fsp3) is 0.750. The smallest absolute Gasteiger partial charge is 0.160 e. The molecule has 0 unspecified atom stereocenters. The van der Waals surface area contributed by atoms with Gasteiger partial charge < -0.3 is 14.8 Å². The number of aryl methyl sites for hydroxylation is 2. The van der Waals surface area contributed by atoms with Crippen LogP contribution in [0.25, 0.3) is 0 Å². The van der Waals surface area contributed by atoms with Gasteiger partial charge in [0, 0.05) is 44.3 Å². The highest BCUT2D eigenvalue weighted by Gasteiger charge is 2.32. The van der Waals surface area contributed by atoms with Crippen molar-refractivity contribution in [1.29, 1.82) is 0 Å². The van der Waals surface area contributed by atoms with Crippen molar-refractivity contribution in [3.63, 3.8) is 0 Å². The molecule has 0 saturated heterocycles. The Kier molecular flexibility index (Phi) is 7.22. The summed E-state index contributed by atoms with van der Waals surface area (Å²) < 4.78 is 10.8. The molecule has 0 aliphatic rings. The summed E-state index contributed by atoms with van der Waals surface area (Å²) in [5.74, 6) is 0.797. The Morgan fingerprint density at radius 3 is 2.05 bits per heavy atom. The van der Waals surface area contributed by atoms with Gasteiger partial charge in [-0.05, 0) is 26.7 Å². The van der Waals surface area contributed by atoms with Gasteiger partial charge in [-0.1, -0.05) is 13.8 Å². The molecule has 0 radical (unpaired) electrons. The van der Waals surface area contributed by atoms with E-state index in [4.69, 9.17) is 19.4 Å². The molecule has 0 aliphatic carbocycles. The zero-order valence-corrected chi connectivity index (χ0v) is 14.2. The maximum absolute atomic E-state index is 5.73. The van der Waals surface area contributed by atoms with E-state index in [0.29, 0.717) is 6.61 Å². The Labute approximate surface area is 128 Å². The van der Waals surface area contributed by atoms with Crippen molar-refractivity contribution in [3.05, 3.63) is 22.8 Å². The number of nitrogens with one attached hydrogen (secondary N) is 1. The second kappa shape index (κ2) is 8.41. The average Bonchev–Trinajstić information content (AvgIpc) is 2.48. The van der Waals surface area contributed by atoms with Crippen LogP contribution in [0.15, 0.2) is 0 Å². The summed E-state index contributed by atoms with van der Waals surface area (Å²) in [5, 5.41) is 3.35. The topological polar surface area (TPSA) is 56.3 Å². The van der Waals surface area contributed by atoms with Crippen LogP contribution in [0.5, 0.6) is 0 Å². The first-order valence-corrected chi connectivity index (χ1v) is 7.64. The van der Waals surface area contributed by atoms with E-state index in [1.54, 1.807) is 14.2 Å². The standard InChI is InChI=1S/C16H29N3O2/c1-7-16(8-2,21-6)15-18-12(3)14(13(4)19-15)11-17-9-10-20-5/h17H,7-11H2,1-6H3. The van der Waals surface area contributed by atoms with Crippen LogP contribution >= 0.6 is 0 Å². The molecule has 120 valence electrons. The number of hydrogen-bond acceptors (Lipinski definition) is 5. The summed E-state index contributed by atoms with van der Waals surface area (Å²) in [6.07, 6.45) is 1.73. The van der Waals surface area contributed by atoms with Gasteiger partial charge >= 0.3 is 0 Å². The first-order valence-electron chi connectivity index (χ1n) is 7.64. The van der Waals surface area contributed by atoms with E-state index in [9.17, 15) is 0 Å². The van der Waals surface area contributed by atoms with Crippen LogP contribution in [-0.2, 0) is 21.6 Å². The predicted octanol–water partition coefficient (Wildman–Crippen LogP) is 2.49. The Bertz CT molecular complexity index is 414. The molecule has 0 bridgehead atoms. The molecular weight excluding hydrogens is 266 g/mol. The molecule has 1 heterocycles. The minimum absolute atomic E-state index is 0.377. The van der Waals surface area contributed by atoms with Gasteiger partial charge in [0.05, 0.1) is 6.61 Å². The second-order valence-corrected chi connectivity index (χ2v) is 5.27. The zero-order valence-electron chi connectivity index (χ0n) is 14.2. The number of rotatable bonds is 9. The number of aromatic nitrogens is 2. The summed E-state index contributed by atoms with van der Waals surface area (Å²) in [5.41, 5.74) is 2.82. The lowest BCUT2D eigenvalue weighted by atomic mass is 9.95. The lowest BCUT2D eigenvalue weighted by Gasteiger charge is -2.29. The number of hydrogen-bond donors (Lipinski definition) is 1. The fourth-order valence-corrected chi connectivity index (χ4v) is 2.53. The van der Waals surface area contributed by atoms with E-state index >= 15 is 0 Å². The van der Waals surface area contributed by atoms with Crippen LogP contribution in [0.4, 0.5) is 0 Å². The van der Waals surface area contributed by atoms with Crippen LogP contribution in [0.1, 0.15) is 49.5 Å². The molecular formula is C16H29N3O2. The van der Waals surface area contributed by atoms with E-state index in [1.807, 2.05) is 13.8 Å². The summed E-state index contributed by atoms with van der Waals surface area (Å²) >= 11 is 0. The highest BCUT2D eigenvalue weighted by molar-refractivity contribution is 5.25. The third-order valence-corrected chi connectivity index (χ3v) is 4.15. The summed E-state index contributed by atoms with van der Waals surface area (Å²) in [6, 6.07) is 0. The molecule has 0 aromatic carbocycles. The molecule has 1 N–H and O–H groups in total. The molecule has 0 amide bonds. The van der Waals surface area contributed by atoms with E-state index < -0.39 is 0 Å². The fourth-order valence-electron chi connectivity index (χ4n) is 2.53. The molecule has 5 nitrogen and oxygen atoms in total. The summed E-state index contributed by atoms with van der Waals surface area (Å²) in [6.45, 7) is 10.6. The molecule has 1 rings (SSSR count). The van der Waals surface area contributed by atoms with Gasteiger partial charge in [0.25, 0.3) is 0 Å². The van der Waals surface area contributed by atoms with Gasteiger partial charge in [0.15, 0.2) is 5.82 Å². The molecule has 0 spiro atoms. The van der Waals surface area contributed by atoms with E-state index in [0.717, 1.165) is 48.7 Å². The van der Waals surface area contributed by atoms with Crippen LogP contribution in [0, 0.1) is 13.8 Å². The van der Waals surface area contributed by atoms with Crippen LogP contribution < -0.4 is 5.32 Å². The third kappa shape index (κ3) is 4.22. The summed E-state index contributed by atoms with van der Waals surface area (Å²) in [7, 11) is 3.44. The van der Waals surface area contributed by atoms with Gasteiger partial charge in [-0.2, -0.15) is 0 Å². The molecule has 21 heavy (non-hydrogen) atoms. The van der Waals surface area contributed by atoms with Crippen molar-refractivity contribution in [1.82, 2.24) is 15.3 Å². The summed E-state index contributed by atoms with van der Waals surface area (Å²) in [4.78, 5) is 9.42. The largest absolute Gasteiger partial charge is 0.383 e. The van der Waals surface area contributed by atoms with Gasteiger partial charge in [0.1, 0.15) is 5.60 Å². The van der Waals surface area contributed by atoms with Gasteiger partial charge in [-0.25, -0.2) is 9.97 Å². The lowest BCUT2D eigenvalue weighted by molar-refractivity contribution is -0.0294. The highest BCUT2D eigenvalue weighted by atomic mass is 16.5. The Balaban J connectivity index is 2.98. The molecule has 0 saturated carbocycles. The minimum atomic E-state index is -0.377. The Hall–Kier alpha value is -1.04. The van der Waals surface area contributed by atoms with Gasteiger partial charge in [0.2, 0.25) is 0 Å². The van der Waals surface area contributed by atoms with Crippen molar-refractivity contribution in [2.45, 2.75) is 52.7 Å². The quantitative estimate of drug-likeness (QED) is 0.709. The molecule has 5 heteroatoms. The van der Waals surface area contributed by atoms with Crippen LogP contribution in [0.2, 0.25) is 0 Å². The number of methoxy groups -OCH3 is 2. The Morgan fingerprint density at radius 1 is 1.05 bits per heavy atom. The van der Waals surface area contributed by atoms with Crippen molar-refractivity contribution < 1.29 is 9.47 Å². The van der Waals surface area contributed by atoms with Crippen LogP contribution in [-0.4, -0.2) is 37.3 Å². The lowest BCUT2D eigenvalue weighted by Crippen LogP contribution is -2.31.